The minimum absolute atomic E-state index is 0. The molecule has 1 aromatic carbocycles. The third kappa shape index (κ3) is 4.49. The zero-order chi connectivity index (χ0) is 12.8. The Morgan fingerprint density at radius 2 is 2.11 bits per heavy atom. The molecule has 2 unspecified atom stereocenters. The Morgan fingerprint density at radius 1 is 1.37 bits per heavy atom. The van der Waals surface area contributed by atoms with Crippen LogP contribution in [0.1, 0.15) is 24.5 Å². The first-order valence-corrected chi connectivity index (χ1v) is 6.42. The second-order valence-electron chi connectivity index (χ2n) is 4.52. The van der Waals surface area contributed by atoms with E-state index in [2.05, 4.69) is 10.6 Å². The lowest BCUT2D eigenvalue weighted by atomic mass is 10.0. The maximum absolute atomic E-state index is 11.7. The molecule has 0 bridgehead atoms. The van der Waals surface area contributed by atoms with E-state index in [1.807, 2.05) is 37.4 Å². The fourth-order valence-electron chi connectivity index (χ4n) is 2.23. The molecule has 0 radical (unpaired) electrons. The molecule has 2 N–H and O–H groups in total. The molecule has 2 atom stereocenters. The Morgan fingerprint density at radius 3 is 2.79 bits per heavy atom. The van der Waals surface area contributed by atoms with Crippen molar-refractivity contribution >= 4 is 18.3 Å². The molecule has 106 valence electrons. The van der Waals surface area contributed by atoms with Gasteiger partial charge in [-0.15, -0.1) is 12.4 Å². The molecular weight excluding hydrogens is 264 g/mol. The van der Waals surface area contributed by atoms with Crippen LogP contribution in [-0.2, 0) is 9.53 Å². The molecule has 5 heteroatoms. The van der Waals surface area contributed by atoms with Crippen LogP contribution in [0.4, 0.5) is 0 Å². The van der Waals surface area contributed by atoms with Crippen molar-refractivity contribution in [3.63, 3.8) is 0 Å². The molecule has 0 aromatic heterocycles. The summed E-state index contributed by atoms with van der Waals surface area (Å²) in [6, 6.07) is 10.2. The Bertz CT molecular complexity index is 386. The largest absolute Gasteiger partial charge is 0.371 e. The summed E-state index contributed by atoms with van der Waals surface area (Å²) in [6.45, 7) is 1.41. The lowest BCUT2D eigenvalue weighted by Crippen LogP contribution is -2.37. The van der Waals surface area contributed by atoms with Crippen LogP contribution >= 0.6 is 12.4 Å². The summed E-state index contributed by atoms with van der Waals surface area (Å²) >= 11 is 0. The molecule has 4 nitrogen and oxygen atoms in total. The van der Waals surface area contributed by atoms with E-state index >= 15 is 0 Å². The van der Waals surface area contributed by atoms with Crippen molar-refractivity contribution in [3.05, 3.63) is 35.9 Å². The van der Waals surface area contributed by atoms with Gasteiger partial charge in [-0.05, 0) is 19.0 Å². The van der Waals surface area contributed by atoms with Gasteiger partial charge in [0.25, 0.3) is 0 Å². The zero-order valence-electron chi connectivity index (χ0n) is 11.1. The molecular formula is C14H21ClN2O2. The first-order chi connectivity index (χ1) is 8.81. The summed E-state index contributed by atoms with van der Waals surface area (Å²) in [5.74, 6) is 0.0841. The normalized spacial score (nSPS) is 21.7. The number of halogens is 1. The van der Waals surface area contributed by atoms with Crippen LogP contribution in [0.2, 0.25) is 0 Å². The minimum atomic E-state index is -0.00950. The highest BCUT2D eigenvalue weighted by molar-refractivity contribution is 5.85. The highest BCUT2D eigenvalue weighted by Gasteiger charge is 2.30. The molecule has 1 saturated heterocycles. The molecule has 1 aliphatic rings. The summed E-state index contributed by atoms with van der Waals surface area (Å²) < 4.78 is 5.73. The lowest BCUT2D eigenvalue weighted by Gasteiger charge is -2.20. The van der Waals surface area contributed by atoms with Gasteiger partial charge < -0.3 is 15.4 Å². The van der Waals surface area contributed by atoms with Gasteiger partial charge in [-0.2, -0.15) is 0 Å². The fraction of sp³-hybridized carbons (Fsp3) is 0.500. The Kier molecular flexibility index (Phi) is 6.84. The van der Waals surface area contributed by atoms with Crippen molar-refractivity contribution in [2.75, 3.05) is 20.2 Å². The standard InChI is InChI=1S/C14H20N2O2.ClH/c1-15-9-7-13(17)16-12-8-10-18-14(12)11-5-3-2-4-6-11;/h2-6,12,14-15H,7-10H2,1H3,(H,16,17);1H. The highest BCUT2D eigenvalue weighted by atomic mass is 35.5. The van der Waals surface area contributed by atoms with E-state index in [1.54, 1.807) is 0 Å². The predicted molar refractivity (Wildman–Crippen MR) is 77.5 cm³/mol. The van der Waals surface area contributed by atoms with E-state index in [0.717, 1.165) is 12.0 Å². The van der Waals surface area contributed by atoms with Crippen molar-refractivity contribution in [2.24, 2.45) is 0 Å². The van der Waals surface area contributed by atoms with Crippen LogP contribution in [0, 0.1) is 0 Å². The number of carbonyl (C=O) groups excluding carboxylic acids is 1. The number of nitrogens with one attached hydrogen (secondary N) is 2. The van der Waals surface area contributed by atoms with Crippen LogP contribution < -0.4 is 10.6 Å². The number of hydrogen-bond acceptors (Lipinski definition) is 3. The molecule has 1 heterocycles. The Labute approximate surface area is 120 Å². The zero-order valence-corrected chi connectivity index (χ0v) is 11.9. The van der Waals surface area contributed by atoms with E-state index in [4.69, 9.17) is 4.74 Å². The second kappa shape index (κ2) is 8.15. The molecule has 0 saturated carbocycles. The third-order valence-electron chi connectivity index (χ3n) is 3.17. The van der Waals surface area contributed by atoms with Crippen molar-refractivity contribution in [3.8, 4) is 0 Å². The van der Waals surface area contributed by atoms with Gasteiger partial charge in [0.1, 0.15) is 6.10 Å². The lowest BCUT2D eigenvalue weighted by molar-refractivity contribution is -0.122. The van der Waals surface area contributed by atoms with Gasteiger partial charge in [0.15, 0.2) is 0 Å². The number of amides is 1. The SMILES string of the molecule is CNCCC(=O)NC1CCOC1c1ccccc1.Cl. The predicted octanol–water partition coefficient (Wildman–Crippen LogP) is 1.66. The van der Waals surface area contributed by atoms with Gasteiger partial charge in [-0.25, -0.2) is 0 Å². The number of hydrogen-bond donors (Lipinski definition) is 2. The summed E-state index contributed by atoms with van der Waals surface area (Å²) in [7, 11) is 1.85. The molecule has 2 rings (SSSR count). The molecule has 0 spiro atoms. The highest BCUT2D eigenvalue weighted by Crippen LogP contribution is 2.28. The molecule has 1 aliphatic heterocycles. The summed E-state index contributed by atoms with van der Waals surface area (Å²) in [5, 5.41) is 6.03. The van der Waals surface area contributed by atoms with Crippen LogP contribution in [-0.4, -0.2) is 32.1 Å². The summed E-state index contributed by atoms with van der Waals surface area (Å²) in [4.78, 5) is 11.7. The van der Waals surface area contributed by atoms with Crippen molar-refractivity contribution < 1.29 is 9.53 Å². The number of ether oxygens (including phenoxy) is 1. The maximum Gasteiger partial charge on any atom is 0.221 e. The van der Waals surface area contributed by atoms with Gasteiger partial charge in [-0.1, -0.05) is 30.3 Å². The monoisotopic (exact) mass is 284 g/mol. The number of rotatable bonds is 5. The van der Waals surface area contributed by atoms with Crippen molar-refractivity contribution in [1.29, 1.82) is 0 Å². The van der Waals surface area contributed by atoms with Crippen LogP contribution in [0.15, 0.2) is 30.3 Å². The minimum Gasteiger partial charge on any atom is -0.371 e. The molecule has 1 aromatic rings. The number of carbonyl (C=O) groups is 1. The second-order valence-corrected chi connectivity index (χ2v) is 4.52. The summed E-state index contributed by atoms with van der Waals surface area (Å²) in [6.07, 6.45) is 1.38. The van der Waals surface area contributed by atoms with E-state index in [1.165, 1.54) is 0 Å². The van der Waals surface area contributed by atoms with Crippen LogP contribution in [0.3, 0.4) is 0 Å². The first-order valence-electron chi connectivity index (χ1n) is 6.42. The van der Waals surface area contributed by atoms with Gasteiger partial charge >= 0.3 is 0 Å². The van der Waals surface area contributed by atoms with Gasteiger partial charge in [0.2, 0.25) is 5.91 Å². The third-order valence-corrected chi connectivity index (χ3v) is 3.17. The Hall–Kier alpha value is -1.10. The molecule has 0 aliphatic carbocycles. The van der Waals surface area contributed by atoms with Crippen LogP contribution in [0.25, 0.3) is 0 Å². The fourth-order valence-corrected chi connectivity index (χ4v) is 2.23. The van der Waals surface area contributed by atoms with E-state index in [-0.39, 0.29) is 30.5 Å². The van der Waals surface area contributed by atoms with Gasteiger partial charge in [0, 0.05) is 19.6 Å². The molecule has 19 heavy (non-hydrogen) atoms. The average molecular weight is 285 g/mol. The maximum atomic E-state index is 11.7. The van der Waals surface area contributed by atoms with E-state index in [9.17, 15) is 4.79 Å². The van der Waals surface area contributed by atoms with Gasteiger partial charge in [0.05, 0.1) is 6.04 Å². The van der Waals surface area contributed by atoms with Crippen LogP contribution in [0.5, 0.6) is 0 Å². The first kappa shape index (κ1) is 16.0. The number of benzene rings is 1. The van der Waals surface area contributed by atoms with E-state index in [0.29, 0.717) is 19.6 Å². The summed E-state index contributed by atoms with van der Waals surface area (Å²) in [5.41, 5.74) is 1.13. The Balaban J connectivity index is 0.00000180. The molecule has 1 amide bonds. The average Bonchev–Trinajstić information content (AvgIpc) is 2.85. The van der Waals surface area contributed by atoms with Crippen molar-refractivity contribution in [1.82, 2.24) is 10.6 Å². The quantitative estimate of drug-likeness (QED) is 0.865. The molecule has 1 fully saturated rings. The smallest absolute Gasteiger partial charge is 0.221 e. The van der Waals surface area contributed by atoms with Gasteiger partial charge in [-0.3, -0.25) is 4.79 Å². The van der Waals surface area contributed by atoms with Crippen molar-refractivity contribution in [2.45, 2.75) is 25.0 Å². The van der Waals surface area contributed by atoms with E-state index < -0.39 is 0 Å². The topological polar surface area (TPSA) is 50.4 Å².